The Morgan fingerprint density at radius 1 is 1.41 bits per heavy atom. The van der Waals surface area contributed by atoms with Gasteiger partial charge in [0.05, 0.1) is 22.2 Å². The largest absolute Gasteiger partial charge is 0.366 e. The lowest BCUT2D eigenvalue weighted by Gasteiger charge is -2.47. The number of rotatable bonds is 6. The number of nitrogens with zero attached hydrogens (tertiary/aromatic N) is 3. The molecule has 4 rings (SSSR count). The molecule has 0 saturated heterocycles. The first kappa shape index (κ1) is 22.7. The van der Waals surface area contributed by atoms with Crippen molar-refractivity contribution in [3.05, 3.63) is 53.3 Å². The normalized spacial score (nSPS) is 17.7. The van der Waals surface area contributed by atoms with Crippen molar-refractivity contribution < 1.29 is 9.18 Å². The number of hydrogen-bond donors (Lipinski definition) is 1. The van der Waals surface area contributed by atoms with E-state index in [1.165, 1.54) is 18.0 Å². The van der Waals surface area contributed by atoms with Gasteiger partial charge >= 0.3 is 0 Å². The lowest BCUT2D eigenvalue weighted by Crippen LogP contribution is -2.48. The van der Waals surface area contributed by atoms with Gasteiger partial charge in [0.1, 0.15) is 5.82 Å². The number of fused-ring (bicyclic) bond motifs is 2. The summed E-state index contributed by atoms with van der Waals surface area (Å²) in [5, 5.41) is 3.99. The molecule has 0 saturated carbocycles. The summed E-state index contributed by atoms with van der Waals surface area (Å²) in [4.78, 5) is 18.9. The van der Waals surface area contributed by atoms with Crippen molar-refractivity contribution in [3.8, 4) is 0 Å². The van der Waals surface area contributed by atoms with Gasteiger partial charge in [0.15, 0.2) is 4.34 Å². The third kappa shape index (κ3) is 4.66. The maximum Gasteiger partial charge on any atom is 0.250 e. The predicted octanol–water partition coefficient (Wildman–Crippen LogP) is 5.79. The van der Waals surface area contributed by atoms with Crippen LogP contribution in [0.5, 0.6) is 0 Å². The molecule has 168 valence electrons. The van der Waals surface area contributed by atoms with Crippen molar-refractivity contribution in [2.75, 3.05) is 17.2 Å². The minimum Gasteiger partial charge on any atom is -0.366 e. The van der Waals surface area contributed by atoms with Gasteiger partial charge in [0.2, 0.25) is 0 Å². The van der Waals surface area contributed by atoms with Crippen molar-refractivity contribution in [2.45, 2.75) is 49.9 Å². The van der Waals surface area contributed by atoms with E-state index in [0.29, 0.717) is 11.5 Å². The Balaban J connectivity index is 1.41. The van der Waals surface area contributed by atoms with E-state index in [-0.39, 0.29) is 23.0 Å². The van der Waals surface area contributed by atoms with Crippen molar-refractivity contribution >= 4 is 51.1 Å². The van der Waals surface area contributed by atoms with Crippen LogP contribution in [-0.2, 0) is 4.79 Å². The molecule has 0 aliphatic carbocycles. The molecular formula is C24H27FN4OS2. The number of thioether (sulfide) groups is 1. The molecule has 1 unspecified atom stereocenters. The number of carbonyl (C=O) groups is 1. The van der Waals surface area contributed by atoms with Crippen LogP contribution in [-0.4, -0.2) is 34.9 Å². The summed E-state index contributed by atoms with van der Waals surface area (Å²) in [7, 11) is 0. The molecule has 1 atom stereocenters. The van der Waals surface area contributed by atoms with E-state index in [9.17, 15) is 9.18 Å². The molecule has 1 aliphatic heterocycles. The second kappa shape index (κ2) is 9.19. The Bertz CT molecular complexity index is 1140. The zero-order valence-corrected chi connectivity index (χ0v) is 20.3. The first-order valence-corrected chi connectivity index (χ1v) is 12.5. The summed E-state index contributed by atoms with van der Waals surface area (Å²) in [6.07, 6.45) is 2.38. The number of benzene rings is 2. The standard InChI is InChI=1S/C24H27FN4OS2/c1-5-29-20-11-18(25)16(10-17(20)15(2)12-24(29,3)4)13-26-28-22(30)14-31-23-27-19-8-6-7-9-21(19)32-23/h6-11,13,15H,5,12,14H2,1-4H3,(H,28,30)/b26-13+. The van der Waals surface area contributed by atoms with E-state index in [1.54, 1.807) is 17.4 Å². The second-order valence-electron chi connectivity index (χ2n) is 8.62. The summed E-state index contributed by atoms with van der Waals surface area (Å²) < 4.78 is 16.7. The monoisotopic (exact) mass is 470 g/mol. The molecule has 0 spiro atoms. The van der Waals surface area contributed by atoms with Crippen LogP contribution in [0.15, 0.2) is 45.8 Å². The fraction of sp³-hybridized carbons (Fsp3) is 0.375. The number of hydrogen-bond acceptors (Lipinski definition) is 6. The molecule has 1 amide bonds. The highest BCUT2D eigenvalue weighted by atomic mass is 32.2. The summed E-state index contributed by atoms with van der Waals surface area (Å²) in [5.41, 5.74) is 5.86. The van der Waals surface area contributed by atoms with Gasteiger partial charge < -0.3 is 4.90 Å². The van der Waals surface area contributed by atoms with Gasteiger partial charge in [-0.2, -0.15) is 5.10 Å². The molecule has 2 aromatic carbocycles. The Labute approximate surface area is 196 Å². The van der Waals surface area contributed by atoms with Crippen molar-refractivity contribution in [2.24, 2.45) is 5.10 Å². The third-order valence-corrected chi connectivity index (χ3v) is 7.99. The highest BCUT2D eigenvalue weighted by molar-refractivity contribution is 8.01. The maximum absolute atomic E-state index is 14.8. The fourth-order valence-electron chi connectivity index (χ4n) is 4.46. The van der Waals surface area contributed by atoms with E-state index in [1.807, 2.05) is 30.3 Å². The molecule has 5 nitrogen and oxygen atoms in total. The number of halogens is 1. The Morgan fingerprint density at radius 2 is 2.19 bits per heavy atom. The van der Waals surface area contributed by atoms with Crippen LogP contribution < -0.4 is 10.3 Å². The highest BCUT2D eigenvalue weighted by Gasteiger charge is 2.36. The van der Waals surface area contributed by atoms with E-state index in [4.69, 9.17) is 0 Å². The molecule has 3 aromatic rings. The van der Waals surface area contributed by atoms with E-state index >= 15 is 0 Å². The van der Waals surface area contributed by atoms with Gasteiger partial charge in [0, 0.05) is 23.3 Å². The average molecular weight is 471 g/mol. The predicted molar refractivity (Wildman–Crippen MR) is 133 cm³/mol. The minimum atomic E-state index is -0.339. The van der Waals surface area contributed by atoms with Gasteiger partial charge in [-0.15, -0.1) is 11.3 Å². The number of amides is 1. The van der Waals surface area contributed by atoms with Gasteiger partial charge in [0.25, 0.3) is 5.91 Å². The fourth-order valence-corrected chi connectivity index (χ4v) is 6.33. The van der Waals surface area contributed by atoms with Crippen LogP contribution in [0.3, 0.4) is 0 Å². The molecule has 8 heteroatoms. The Kier molecular flexibility index (Phi) is 6.53. The molecule has 0 bridgehead atoms. The number of carbonyl (C=O) groups excluding carboxylic acids is 1. The molecule has 0 fully saturated rings. The Hall–Kier alpha value is -2.45. The molecule has 32 heavy (non-hydrogen) atoms. The smallest absolute Gasteiger partial charge is 0.250 e. The van der Waals surface area contributed by atoms with Crippen molar-refractivity contribution in [1.29, 1.82) is 0 Å². The number of nitrogens with one attached hydrogen (secondary N) is 1. The number of anilines is 1. The van der Waals surface area contributed by atoms with Crippen LogP contribution in [0.4, 0.5) is 10.1 Å². The van der Waals surface area contributed by atoms with Gasteiger partial charge in [-0.05, 0) is 62.9 Å². The number of para-hydroxylation sites is 1. The minimum absolute atomic E-state index is 0.0158. The van der Waals surface area contributed by atoms with Crippen molar-refractivity contribution in [1.82, 2.24) is 10.4 Å². The summed E-state index contributed by atoms with van der Waals surface area (Å²) in [5.74, 6) is -0.0815. The lowest BCUT2D eigenvalue weighted by molar-refractivity contribution is -0.118. The van der Waals surface area contributed by atoms with Crippen LogP contribution in [0, 0.1) is 5.82 Å². The SMILES string of the molecule is CCN1c2cc(F)c(/C=N/NC(=O)CSc3nc4ccccc4s3)cc2C(C)CC1(C)C. The van der Waals surface area contributed by atoms with Crippen LogP contribution in [0.1, 0.15) is 51.2 Å². The number of hydrazone groups is 1. The van der Waals surface area contributed by atoms with Gasteiger partial charge in [-0.3, -0.25) is 4.79 Å². The van der Waals surface area contributed by atoms with Gasteiger partial charge in [-0.1, -0.05) is 30.8 Å². The van der Waals surface area contributed by atoms with Crippen molar-refractivity contribution in [3.63, 3.8) is 0 Å². The summed E-state index contributed by atoms with van der Waals surface area (Å²) >= 11 is 2.92. The highest BCUT2D eigenvalue weighted by Crippen LogP contribution is 2.43. The topological polar surface area (TPSA) is 57.6 Å². The molecule has 1 aromatic heterocycles. The first-order valence-electron chi connectivity index (χ1n) is 10.7. The van der Waals surface area contributed by atoms with E-state index in [0.717, 1.165) is 38.8 Å². The maximum atomic E-state index is 14.8. The lowest BCUT2D eigenvalue weighted by atomic mass is 9.79. The quantitative estimate of drug-likeness (QED) is 0.281. The zero-order chi connectivity index (χ0) is 22.9. The third-order valence-electron chi connectivity index (χ3n) is 5.81. The number of thiazole rings is 1. The van der Waals surface area contributed by atoms with Crippen LogP contribution in [0.2, 0.25) is 0 Å². The molecule has 1 N–H and O–H groups in total. The Morgan fingerprint density at radius 3 is 2.94 bits per heavy atom. The molecular weight excluding hydrogens is 443 g/mol. The molecule has 1 aliphatic rings. The zero-order valence-electron chi connectivity index (χ0n) is 18.7. The number of aromatic nitrogens is 1. The first-order chi connectivity index (χ1) is 15.3. The van der Waals surface area contributed by atoms with Gasteiger partial charge in [-0.25, -0.2) is 14.8 Å². The van der Waals surface area contributed by atoms with Crippen LogP contribution >= 0.6 is 23.1 Å². The summed E-state index contributed by atoms with van der Waals surface area (Å²) in [6, 6.07) is 11.3. The average Bonchev–Trinajstić information content (AvgIpc) is 3.16. The second-order valence-corrected chi connectivity index (χ2v) is 10.9. The molecule has 0 radical (unpaired) electrons. The van der Waals surface area contributed by atoms with E-state index in [2.05, 4.69) is 48.1 Å². The van der Waals surface area contributed by atoms with Crippen LogP contribution in [0.25, 0.3) is 10.2 Å². The van der Waals surface area contributed by atoms with E-state index < -0.39 is 0 Å². The molecule has 2 heterocycles. The summed E-state index contributed by atoms with van der Waals surface area (Å²) in [6.45, 7) is 9.49.